The van der Waals surface area contributed by atoms with E-state index in [9.17, 15) is 14.4 Å². The Kier molecular flexibility index (Phi) is 7.22. The van der Waals surface area contributed by atoms with E-state index in [1.165, 1.54) is 5.01 Å². The number of hydrazine groups is 1. The summed E-state index contributed by atoms with van der Waals surface area (Å²) in [5.74, 6) is -1.04. The summed E-state index contributed by atoms with van der Waals surface area (Å²) >= 11 is 13.1. The van der Waals surface area contributed by atoms with Gasteiger partial charge in [-0.2, -0.15) is 10.1 Å². The molecular formula is C21H21Cl2N5O3S. The van der Waals surface area contributed by atoms with Gasteiger partial charge in [-0.15, -0.1) is 11.3 Å². The maximum Gasteiger partial charge on any atom is 0.282 e. The van der Waals surface area contributed by atoms with Gasteiger partial charge in [0.25, 0.3) is 17.7 Å². The van der Waals surface area contributed by atoms with Gasteiger partial charge in [-0.25, -0.2) is 0 Å². The van der Waals surface area contributed by atoms with Crippen LogP contribution >= 0.6 is 34.5 Å². The van der Waals surface area contributed by atoms with Crippen LogP contribution in [-0.4, -0.2) is 29.5 Å². The Morgan fingerprint density at radius 1 is 1.03 bits per heavy atom. The van der Waals surface area contributed by atoms with Crippen molar-refractivity contribution in [3.63, 3.8) is 0 Å². The fraction of sp³-hybridized carbons (Fsp3) is 0.238. The lowest BCUT2D eigenvalue weighted by molar-refractivity contribution is -0.114. The van der Waals surface area contributed by atoms with Crippen LogP contribution < -0.4 is 21.2 Å². The molecule has 3 N–H and O–H groups in total. The molecule has 168 valence electrons. The number of hydrogen-bond acceptors (Lipinski definition) is 6. The van der Waals surface area contributed by atoms with Crippen LogP contribution in [0.3, 0.4) is 0 Å². The fourth-order valence-electron chi connectivity index (χ4n) is 2.92. The zero-order valence-corrected chi connectivity index (χ0v) is 20.1. The number of carbonyl (C=O) groups excluding carboxylic acids is 3. The Bertz CT molecular complexity index is 1160. The molecule has 0 fully saturated rings. The predicted molar refractivity (Wildman–Crippen MR) is 127 cm³/mol. The number of amides is 3. The number of rotatable bonds is 6. The van der Waals surface area contributed by atoms with E-state index in [0.29, 0.717) is 42.5 Å². The molecule has 1 aliphatic rings. The predicted octanol–water partition coefficient (Wildman–Crippen LogP) is 4.12. The molecule has 1 aromatic heterocycles. The maximum atomic E-state index is 12.9. The SMILES string of the molecule is CC1=NN(c2ccc(Cl)c(Cl)c2)C(=O)/C1=C(/C)NNC(=O)c1ccc(C(=O)NC(C)C)s1. The van der Waals surface area contributed by atoms with Crippen LogP contribution in [0.25, 0.3) is 0 Å². The second kappa shape index (κ2) is 9.72. The highest BCUT2D eigenvalue weighted by molar-refractivity contribution is 7.15. The van der Waals surface area contributed by atoms with Gasteiger partial charge in [0.05, 0.1) is 36.8 Å². The van der Waals surface area contributed by atoms with Crippen molar-refractivity contribution in [3.05, 3.63) is 61.4 Å². The lowest BCUT2D eigenvalue weighted by Gasteiger charge is -2.14. The number of thiophene rings is 1. The van der Waals surface area contributed by atoms with Gasteiger partial charge in [-0.05, 0) is 58.0 Å². The van der Waals surface area contributed by atoms with Crippen LogP contribution in [0, 0.1) is 0 Å². The zero-order valence-electron chi connectivity index (χ0n) is 17.7. The highest BCUT2D eigenvalue weighted by atomic mass is 35.5. The topological polar surface area (TPSA) is 103 Å². The van der Waals surface area contributed by atoms with E-state index in [2.05, 4.69) is 21.3 Å². The van der Waals surface area contributed by atoms with Crippen molar-refractivity contribution in [1.29, 1.82) is 0 Å². The minimum atomic E-state index is -0.431. The monoisotopic (exact) mass is 493 g/mol. The summed E-state index contributed by atoms with van der Waals surface area (Å²) in [5.41, 5.74) is 6.99. The Balaban J connectivity index is 1.69. The molecule has 0 spiro atoms. The molecule has 0 saturated carbocycles. The first-order valence-corrected chi connectivity index (χ1v) is 11.2. The number of halogens is 2. The second-order valence-corrected chi connectivity index (χ2v) is 9.17. The number of nitrogens with zero attached hydrogens (tertiary/aromatic N) is 2. The molecule has 32 heavy (non-hydrogen) atoms. The van der Waals surface area contributed by atoms with Gasteiger partial charge in [-0.1, -0.05) is 23.2 Å². The highest BCUT2D eigenvalue weighted by Gasteiger charge is 2.31. The summed E-state index contributed by atoms with van der Waals surface area (Å²) in [6.45, 7) is 7.06. The second-order valence-electron chi connectivity index (χ2n) is 7.27. The molecule has 1 aromatic carbocycles. The number of anilines is 1. The number of nitrogens with one attached hydrogen (secondary N) is 3. The minimum Gasteiger partial charge on any atom is -0.349 e. The quantitative estimate of drug-likeness (QED) is 0.415. The van der Waals surface area contributed by atoms with Crippen LogP contribution in [-0.2, 0) is 4.79 Å². The molecular weight excluding hydrogens is 473 g/mol. The fourth-order valence-corrected chi connectivity index (χ4v) is 4.02. The van der Waals surface area contributed by atoms with Crippen LogP contribution in [0.2, 0.25) is 10.0 Å². The van der Waals surface area contributed by atoms with Crippen molar-refractivity contribution in [2.75, 3.05) is 5.01 Å². The van der Waals surface area contributed by atoms with Crippen molar-refractivity contribution in [2.24, 2.45) is 5.10 Å². The highest BCUT2D eigenvalue weighted by Crippen LogP contribution is 2.30. The van der Waals surface area contributed by atoms with Crippen LogP contribution in [0.5, 0.6) is 0 Å². The molecule has 1 aliphatic heterocycles. The van der Waals surface area contributed by atoms with E-state index in [4.69, 9.17) is 23.2 Å². The van der Waals surface area contributed by atoms with Crippen LogP contribution in [0.1, 0.15) is 47.0 Å². The number of hydrogen-bond donors (Lipinski definition) is 3. The molecule has 11 heteroatoms. The summed E-state index contributed by atoms with van der Waals surface area (Å²) in [6.07, 6.45) is 0. The third-order valence-corrected chi connectivity index (χ3v) is 6.20. The van der Waals surface area contributed by atoms with Gasteiger partial charge in [0, 0.05) is 11.7 Å². The van der Waals surface area contributed by atoms with E-state index in [1.54, 1.807) is 44.2 Å². The van der Waals surface area contributed by atoms with Gasteiger partial charge in [0.2, 0.25) is 0 Å². The molecule has 0 unspecified atom stereocenters. The number of benzene rings is 1. The Hall–Kier alpha value is -2.88. The summed E-state index contributed by atoms with van der Waals surface area (Å²) in [7, 11) is 0. The lowest BCUT2D eigenvalue weighted by Crippen LogP contribution is -2.37. The Morgan fingerprint density at radius 2 is 1.69 bits per heavy atom. The first-order chi connectivity index (χ1) is 15.1. The van der Waals surface area contributed by atoms with Crippen molar-refractivity contribution in [1.82, 2.24) is 16.2 Å². The normalized spacial score (nSPS) is 15.0. The first-order valence-electron chi connectivity index (χ1n) is 9.61. The molecule has 0 aliphatic carbocycles. The van der Waals surface area contributed by atoms with E-state index in [-0.39, 0.29) is 17.9 Å². The smallest absolute Gasteiger partial charge is 0.282 e. The van der Waals surface area contributed by atoms with Crippen molar-refractivity contribution >= 4 is 63.7 Å². The third kappa shape index (κ3) is 5.12. The summed E-state index contributed by atoms with van der Waals surface area (Å²) < 4.78 is 0. The molecule has 0 atom stereocenters. The van der Waals surface area contributed by atoms with Gasteiger partial charge >= 0.3 is 0 Å². The molecule has 2 aromatic rings. The van der Waals surface area contributed by atoms with Gasteiger partial charge in [-0.3, -0.25) is 19.8 Å². The van der Waals surface area contributed by atoms with Crippen molar-refractivity contribution < 1.29 is 14.4 Å². The van der Waals surface area contributed by atoms with E-state index >= 15 is 0 Å². The first kappa shape index (κ1) is 23.8. The Labute approximate surface area is 199 Å². The zero-order chi connectivity index (χ0) is 23.6. The summed E-state index contributed by atoms with van der Waals surface area (Å²) in [5, 5.41) is 8.97. The van der Waals surface area contributed by atoms with Crippen molar-refractivity contribution in [2.45, 2.75) is 33.7 Å². The molecule has 0 radical (unpaired) electrons. The van der Waals surface area contributed by atoms with E-state index < -0.39 is 5.91 Å². The lowest BCUT2D eigenvalue weighted by atomic mass is 10.1. The average Bonchev–Trinajstić information content (AvgIpc) is 3.33. The van der Waals surface area contributed by atoms with Crippen LogP contribution in [0.15, 0.2) is 46.7 Å². The van der Waals surface area contributed by atoms with E-state index in [0.717, 1.165) is 11.3 Å². The average molecular weight is 494 g/mol. The minimum absolute atomic E-state index is 0.00451. The molecule has 3 amide bonds. The maximum absolute atomic E-state index is 12.9. The number of hydrazone groups is 1. The molecule has 2 heterocycles. The van der Waals surface area contributed by atoms with Crippen LogP contribution in [0.4, 0.5) is 5.69 Å². The van der Waals surface area contributed by atoms with Crippen molar-refractivity contribution in [3.8, 4) is 0 Å². The number of allylic oxidation sites excluding steroid dienone is 1. The molecule has 0 saturated heterocycles. The summed E-state index contributed by atoms with van der Waals surface area (Å²) in [6, 6.07) is 7.93. The van der Waals surface area contributed by atoms with Gasteiger partial charge in [0.1, 0.15) is 0 Å². The standard InChI is InChI=1S/C21H21Cl2N5O3S/c1-10(2)24-19(29)16-7-8-17(32-16)20(30)26-25-11(3)18-12(4)27-28(21(18)31)13-5-6-14(22)15(23)9-13/h5-10,25H,1-4H3,(H,24,29)(H,26,30)/b18-11-. The molecule has 3 rings (SSSR count). The third-order valence-electron chi connectivity index (χ3n) is 4.38. The van der Waals surface area contributed by atoms with E-state index in [1.807, 2.05) is 13.8 Å². The van der Waals surface area contributed by atoms with Gasteiger partial charge < -0.3 is 10.7 Å². The van der Waals surface area contributed by atoms with Gasteiger partial charge in [0.15, 0.2) is 0 Å². The molecule has 0 bridgehead atoms. The Morgan fingerprint density at radius 3 is 2.31 bits per heavy atom. The molecule has 8 nitrogen and oxygen atoms in total. The number of carbonyl (C=O) groups is 3. The summed E-state index contributed by atoms with van der Waals surface area (Å²) in [4.78, 5) is 38.2. The largest absolute Gasteiger partial charge is 0.349 e.